The second kappa shape index (κ2) is 9.98. The molecule has 0 radical (unpaired) electrons. The molecule has 0 fully saturated rings. The lowest BCUT2D eigenvalue weighted by Gasteiger charge is -2.32. The predicted molar refractivity (Wildman–Crippen MR) is 117 cm³/mol. The molecule has 1 aliphatic rings. The van der Waals surface area contributed by atoms with E-state index < -0.39 is 17.9 Å². The molecular weight excluding hydrogens is 394 g/mol. The molecule has 0 atom stereocenters. The lowest BCUT2D eigenvalue weighted by Crippen LogP contribution is -2.31. The molecule has 31 heavy (non-hydrogen) atoms. The molecule has 162 valence electrons. The SMILES string of the molecule is COC(=O)C1=CN(C(C)C)C=C(C(=O)OC)C1c1cccc(OCc2ccccc2)c1. The average Bonchev–Trinajstić information content (AvgIpc) is 2.81. The maximum atomic E-state index is 12.6. The van der Waals surface area contributed by atoms with Crippen molar-refractivity contribution in [3.05, 3.63) is 89.3 Å². The van der Waals surface area contributed by atoms with Gasteiger partial charge in [0.1, 0.15) is 12.4 Å². The monoisotopic (exact) mass is 421 g/mol. The smallest absolute Gasteiger partial charge is 0.336 e. The van der Waals surface area contributed by atoms with Gasteiger partial charge < -0.3 is 19.1 Å². The van der Waals surface area contributed by atoms with Crippen LogP contribution in [0.15, 0.2) is 78.1 Å². The Balaban J connectivity index is 1.98. The molecule has 0 saturated heterocycles. The van der Waals surface area contributed by atoms with Crippen LogP contribution in [0.4, 0.5) is 0 Å². The number of rotatable bonds is 7. The van der Waals surface area contributed by atoms with Gasteiger partial charge in [-0.25, -0.2) is 9.59 Å². The number of hydrogen-bond donors (Lipinski definition) is 0. The third-order valence-corrected chi connectivity index (χ3v) is 5.08. The van der Waals surface area contributed by atoms with Crippen LogP contribution in [-0.2, 0) is 25.7 Å². The van der Waals surface area contributed by atoms with Crippen LogP contribution in [-0.4, -0.2) is 37.1 Å². The van der Waals surface area contributed by atoms with Crippen LogP contribution in [0.5, 0.6) is 5.75 Å². The van der Waals surface area contributed by atoms with E-state index in [-0.39, 0.29) is 6.04 Å². The minimum absolute atomic E-state index is 0.0424. The lowest BCUT2D eigenvalue weighted by atomic mass is 9.83. The lowest BCUT2D eigenvalue weighted by molar-refractivity contribution is -0.137. The predicted octanol–water partition coefficient (Wildman–Crippen LogP) is 4.19. The fourth-order valence-corrected chi connectivity index (χ4v) is 3.43. The van der Waals surface area contributed by atoms with Gasteiger partial charge in [0, 0.05) is 18.4 Å². The van der Waals surface area contributed by atoms with Gasteiger partial charge in [-0.1, -0.05) is 42.5 Å². The summed E-state index contributed by atoms with van der Waals surface area (Å²) in [6, 6.07) is 17.3. The number of esters is 2. The van der Waals surface area contributed by atoms with E-state index >= 15 is 0 Å². The van der Waals surface area contributed by atoms with E-state index in [1.165, 1.54) is 14.2 Å². The molecule has 0 bridgehead atoms. The van der Waals surface area contributed by atoms with Gasteiger partial charge in [-0.2, -0.15) is 0 Å². The highest BCUT2D eigenvalue weighted by Gasteiger charge is 2.35. The van der Waals surface area contributed by atoms with Crippen molar-refractivity contribution in [1.82, 2.24) is 4.90 Å². The van der Waals surface area contributed by atoms with Crippen LogP contribution < -0.4 is 4.74 Å². The Morgan fingerprint density at radius 3 is 2.06 bits per heavy atom. The van der Waals surface area contributed by atoms with Gasteiger partial charge in [-0.15, -0.1) is 0 Å². The molecule has 0 aliphatic carbocycles. The van der Waals surface area contributed by atoms with Crippen molar-refractivity contribution in [3.8, 4) is 5.75 Å². The van der Waals surface area contributed by atoms with Crippen molar-refractivity contribution >= 4 is 11.9 Å². The Bertz CT molecular complexity index is 960. The summed E-state index contributed by atoms with van der Waals surface area (Å²) in [7, 11) is 2.66. The fraction of sp³-hybridized carbons (Fsp3) is 0.280. The van der Waals surface area contributed by atoms with Crippen LogP contribution in [0.2, 0.25) is 0 Å². The molecule has 6 nitrogen and oxygen atoms in total. The first-order valence-corrected chi connectivity index (χ1v) is 10.1. The summed E-state index contributed by atoms with van der Waals surface area (Å²) >= 11 is 0. The molecular formula is C25H27NO5. The fourth-order valence-electron chi connectivity index (χ4n) is 3.43. The molecule has 0 saturated carbocycles. The summed E-state index contributed by atoms with van der Waals surface area (Å²) in [6.45, 7) is 4.35. The van der Waals surface area contributed by atoms with Gasteiger partial charge in [0.25, 0.3) is 0 Å². The number of hydrogen-bond acceptors (Lipinski definition) is 6. The first-order chi connectivity index (χ1) is 14.9. The van der Waals surface area contributed by atoms with E-state index in [1.54, 1.807) is 12.4 Å². The normalized spacial score (nSPS) is 14.0. The van der Waals surface area contributed by atoms with E-state index in [9.17, 15) is 9.59 Å². The highest BCUT2D eigenvalue weighted by molar-refractivity contribution is 5.98. The highest BCUT2D eigenvalue weighted by atomic mass is 16.5. The first-order valence-electron chi connectivity index (χ1n) is 10.1. The van der Waals surface area contributed by atoms with Crippen LogP contribution in [0.1, 0.15) is 30.9 Å². The number of carbonyl (C=O) groups excluding carboxylic acids is 2. The summed E-state index contributed by atoms with van der Waals surface area (Å²) in [5.74, 6) is -0.988. The van der Waals surface area contributed by atoms with Crippen molar-refractivity contribution in [1.29, 1.82) is 0 Å². The molecule has 0 aromatic heterocycles. The zero-order chi connectivity index (χ0) is 22.4. The van der Waals surface area contributed by atoms with Crippen molar-refractivity contribution < 1.29 is 23.8 Å². The third-order valence-electron chi connectivity index (χ3n) is 5.08. The molecule has 2 aromatic carbocycles. The van der Waals surface area contributed by atoms with E-state index in [4.69, 9.17) is 14.2 Å². The largest absolute Gasteiger partial charge is 0.489 e. The molecule has 0 amide bonds. The van der Waals surface area contributed by atoms with Gasteiger partial charge >= 0.3 is 11.9 Å². The van der Waals surface area contributed by atoms with Gasteiger partial charge in [-0.3, -0.25) is 0 Å². The average molecular weight is 421 g/mol. The van der Waals surface area contributed by atoms with Crippen LogP contribution in [0.3, 0.4) is 0 Å². The number of benzene rings is 2. The summed E-state index contributed by atoms with van der Waals surface area (Å²) in [5, 5.41) is 0. The Morgan fingerprint density at radius 2 is 1.52 bits per heavy atom. The molecule has 2 aromatic rings. The number of carbonyl (C=O) groups is 2. The first kappa shape index (κ1) is 22.2. The molecule has 6 heteroatoms. The van der Waals surface area contributed by atoms with Crippen LogP contribution in [0.25, 0.3) is 0 Å². The van der Waals surface area contributed by atoms with E-state index in [0.29, 0.717) is 23.5 Å². The van der Waals surface area contributed by atoms with E-state index in [1.807, 2.05) is 73.3 Å². The molecule has 0 spiro atoms. The van der Waals surface area contributed by atoms with E-state index in [2.05, 4.69) is 0 Å². The van der Waals surface area contributed by atoms with E-state index in [0.717, 1.165) is 11.1 Å². The topological polar surface area (TPSA) is 65.1 Å². The zero-order valence-corrected chi connectivity index (χ0v) is 18.2. The van der Waals surface area contributed by atoms with Crippen molar-refractivity contribution in [3.63, 3.8) is 0 Å². The second-order valence-corrected chi connectivity index (χ2v) is 7.47. The zero-order valence-electron chi connectivity index (χ0n) is 18.2. The van der Waals surface area contributed by atoms with Gasteiger partial charge in [-0.05, 0) is 37.1 Å². The number of methoxy groups -OCH3 is 2. The quantitative estimate of drug-likeness (QED) is 0.625. The summed E-state index contributed by atoms with van der Waals surface area (Å²) in [6.07, 6.45) is 3.45. The number of ether oxygens (including phenoxy) is 3. The Morgan fingerprint density at radius 1 is 0.903 bits per heavy atom. The summed E-state index contributed by atoms with van der Waals surface area (Å²) in [4.78, 5) is 27.1. The van der Waals surface area contributed by atoms with Gasteiger partial charge in [0.2, 0.25) is 0 Å². The molecule has 1 aliphatic heterocycles. The standard InChI is InChI=1S/C25H27NO5/c1-17(2)26-14-21(24(27)29-3)23(22(15-26)25(28)30-4)19-11-8-12-20(13-19)31-16-18-9-6-5-7-10-18/h5-15,17,23H,16H2,1-4H3. The van der Waals surface area contributed by atoms with Crippen molar-refractivity contribution in [2.75, 3.05) is 14.2 Å². The van der Waals surface area contributed by atoms with Crippen molar-refractivity contribution in [2.24, 2.45) is 0 Å². The Hall–Kier alpha value is -3.54. The Kier molecular flexibility index (Phi) is 7.13. The highest BCUT2D eigenvalue weighted by Crippen LogP contribution is 2.38. The maximum absolute atomic E-state index is 12.6. The van der Waals surface area contributed by atoms with Gasteiger partial charge in [0.15, 0.2) is 0 Å². The number of nitrogens with zero attached hydrogens (tertiary/aromatic N) is 1. The minimum Gasteiger partial charge on any atom is -0.489 e. The second-order valence-electron chi connectivity index (χ2n) is 7.47. The molecule has 0 unspecified atom stereocenters. The van der Waals surface area contributed by atoms with Gasteiger partial charge in [0.05, 0.1) is 31.3 Å². The third kappa shape index (κ3) is 5.15. The molecule has 0 N–H and O–H groups in total. The summed E-state index contributed by atoms with van der Waals surface area (Å²) in [5.41, 5.74) is 2.50. The molecule has 3 rings (SSSR count). The minimum atomic E-state index is -0.629. The Labute approximate surface area is 182 Å². The molecule has 1 heterocycles. The van der Waals surface area contributed by atoms with Crippen LogP contribution in [0, 0.1) is 0 Å². The maximum Gasteiger partial charge on any atom is 0.336 e. The van der Waals surface area contributed by atoms with Crippen LogP contribution >= 0.6 is 0 Å². The van der Waals surface area contributed by atoms with Crippen molar-refractivity contribution in [2.45, 2.75) is 32.4 Å². The summed E-state index contributed by atoms with van der Waals surface area (Å²) < 4.78 is 16.0.